The summed E-state index contributed by atoms with van der Waals surface area (Å²) in [6.07, 6.45) is -1.68. The highest BCUT2D eigenvalue weighted by Crippen LogP contribution is 2.32. The lowest BCUT2D eigenvalue weighted by molar-refractivity contribution is -0.137. The van der Waals surface area contributed by atoms with E-state index in [2.05, 4.69) is 39.1 Å². The topological polar surface area (TPSA) is 29.0 Å². The summed E-state index contributed by atoms with van der Waals surface area (Å²) in [6, 6.07) is 19.7. The van der Waals surface area contributed by atoms with E-state index in [9.17, 15) is 13.2 Å². The average molecular weight is 452 g/mol. The van der Waals surface area contributed by atoms with Crippen molar-refractivity contribution in [1.29, 1.82) is 0 Å². The Kier molecular flexibility index (Phi) is 5.53. The molecule has 1 aliphatic rings. The fourth-order valence-electron chi connectivity index (χ4n) is 3.88. The molecular weight excluding hydrogens is 431 g/mol. The number of nitrogens with zero attached hydrogens (tertiary/aromatic N) is 3. The van der Waals surface area contributed by atoms with Crippen molar-refractivity contribution in [2.45, 2.75) is 25.7 Å². The van der Waals surface area contributed by atoms with E-state index in [4.69, 9.17) is 0 Å². The molecule has 3 nitrogen and oxygen atoms in total. The first kappa shape index (κ1) is 20.8. The zero-order valence-electron chi connectivity index (χ0n) is 17.1. The Bertz CT molecular complexity index is 1220. The Balaban J connectivity index is 1.31. The number of fused-ring (bicyclic) bond motifs is 1. The van der Waals surface area contributed by atoms with Crippen LogP contribution in [-0.2, 0) is 25.7 Å². The van der Waals surface area contributed by atoms with Gasteiger partial charge in [0.05, 0.1) is 11.3 Å². The maximum Gasteiger partial charge on any atom is 0.416 e. The fourth-order valence-corrected chi connectivity index (χ4v) is 4.94. The van der Waals surface area contributed by atoms with Crippen molar-refractivity contribution in [2.24, 2.45) is 0 Å². The van der Waals surface area contributed by atoms with E-state index in [1.807, 2.05) is 24.4 Å². The summed E-state index contributed by atoms with van der Waals surface area (Å²) in [7, 11) is 0. The maximum atomic E-state index is 12.8. The van der Waals surface area contributed by atoms with E-state index in [-0.39, 0.29) is 0 Å². The first-order valence-corrected chi connectivity index (χ1v) is 11.2. The summed E-state index contributed by atoms with van der Waals surface area (Å²) < 4.78 is 38.5. The van der Waals surface area contributed by atoms with Crippen LogP contribution in [0, 0.1) is 0 Å². The Morgan fingerprint density at radius 2 is 1.69 bits per heavy atom. The van der Waals surface area contributed by atoms with Crippen LogP contribution in [0.1, 0.15) is 21.7 Å². The van der Waals surface area contributed by atoms with Gasteiger partial charge in [0, 0.05) is 41.1 Å². The molecule has 0 spiro atoms. The van der Waals surface area contributed by atoms with Crippen molar-refractivity contribution < 1.29 is 13.2 Å². The lowest BCUT2D eigenvalue weighted by atomic mass is 10.1. The molecule has 0 radical (unpaired) electrons. The van der Waals surface area contributed by atoms with Crippen molar-refractivity contribution in [3.05, 3.63) is 94.6 Å². The molecule has 0 atom stereocenters. The average Bonchev–Trinajstić information content (AvgIpc) is 3.27. The van der Waals surface area contributed by atoms with E-state index in [0.29, 0.717) is 17.9 Å². The van der Waals surface area contributed by atoms with Crippen molar-refractivity contribution >= 4 is 11.3 Å². The number of halogens is 3. The van der Waals surface area contributed by atoms with Gasteiger partial charge >= 0.3 is 6.18 Å². The smallest absolute Gasteiger partial charge is 0.292 e. The number of hydrogen-bond acceptors (Lipinski definition) is 4. The molecule has 0 bridgehead atoms. The van der Waals surface area contributed by atoms with Crippen LogP contribution in [0.2, 0.25) is 0 Å². The third kappa shape index (κ3) is 4.45. The summed E-state index contributed by atoms with van der Waals surface area (Å²) in [5, 5.41) is 0. The highest BCUT2D eigenvalue weighted by atomic mass is 32.1. The third-order valence-corrected chi connectivity index (χ3v) is 6.71. The Labute approximate surface area is 188 Å². The van der Waals surface area contributed by atoms with Gasteiger partial charge < -0.3 is 0 Å². The monoisotopic (exact) mass is 451 g/mol. The SMILES string of the molecule is FC(F)(F)c1ccc(-c2ncc3c(n2)CN(Cc2ccc(-c4ccccc4)s2)CC3)cc1. The second-order valence-electron chi connectivity index (χ2n) is 7.83. The van der Waals surface area contributed by atoms with Crippen molar-refractivity contribution in [3.63, 3.8) is 0 Å². The molecule has 0 saturated carbocycles. The van der Waals surface area contributed by atoms with E-state index in [0.717, 1.165) is 42.9 Å². The molecule has 32 heavy (non-hydrogen) atoms. The second-order valence-corrected chi connectivity index (χ2v) is 9.00. The van der Waals surface area contributed by atoms with Gasteiger partial charge in [-0.15, -0.1) is 11.3 Å². The van der Waals surface area contributed by atoms with Gasteiger partial charge in [-0.2, -0.15) is 13.2 Å². The molecule has 0 fully saturated rings. The zero-order valence-corrected chi connectivity index (χ0v) is 18.0. The van der Waals surface area contributed by atoms with Gasteiger partial charge in [-0.05, 0) is 41.8 Å². The van der Waals surface area contributed by atoms with E-state index >= 15 is 0 Å². The van der Waals surface area contributed by atoms with E-state index < -0.39 is 11.7 Å². The van der Waals surface area contributed by atoms with E-state index in [1.54, 1.807) is 11.3 Å². The molecule has 5 rings (SSSR count). The first-order valence-electron chi connectivity index (χ1n) is 10.3. The summed E-state index contributed by atoms with van der Waals surface area (Å²) in [5.74, 6) is 0.460. The lowest BCUT2D eigenvalue weighted by Crippen LogP contribution is -2.30. The van der Waals surface area contributed by atoms with Crippen molar-refractivity contribution in [1.82, 2.24) is 14.9 Å². The van der Waals surface area contributed by atoms with Gasteiger partial charge in [0.2, 0.25) is 0 Å². The van der Waals surface area contributed by atoms with Crippen molar-refractivity contribution in [3.8, 4) is 21.8 Å². The largest absolute Gasteiger partial charge is 0.416 e. The summed E-state index contributed by atoms with van der Waals surface area (Å²) >= 11 is 1.80. The van der Waals surface area contributed by atoms with Crippen LogP contribution in [0.3, 0.4) is 0 Å². The Morgan fingerprint density at radius 1 is 0.906 bits per heavy atom. The van der Waals surface area contributed by atoms with Crippen LogP contribution in [0.4, 0.5) is 13.2 Å². The fraction of sp³-hybridized carbons (Fsp3) is 0.200. The second kappa shape index (κ2) is 8.48. The minimum absolute atomic E-state index is 0.460. The molecule has 0 unspecified atom stereocenters. The van der Waals surface area contributed by atoms with Gasteiger partial charge in [0.1, 0.15) is 0 Å². The highest BCUT2D eigenvalue weighted by Gasteiger charge is 2.30. The molecule has 3 heterocycles. The number of thiophene rings is 1. The molecule has 162 valence electrons. The summed E-state index contributed by atoms with van der Waals surface area (Å²) in [5.41, 5.74) is 3.19. The molecule has 2 aromatic heterocycles. The predicted octanol–water partition coefficient (Wildman–Crippen LogP) is 6.45. The van der Waals surface area contributed by atoms with Crippen LogP contribution in [0.5, 0.6) is 0 Å². The minimum Gasteiger partial charge on any atom is -0.292 e. The van der Waals surface area contributed by atoms with Gasteiger partial charge in [-0.25, -0.2) is 9.97 Å². The van der Waals surface area contributed by atoms with Gasteiger partial charge in [-0.3, -0.25) is 4.90 Å². The molecule has 2 aromatic carbocycles. The third-order valence-electron chi connectivity index (χ3n) is 5.59. The molecule has 0 aliphatic carbocycles. The van der Waals surface area contributed by atoms with Crippen LogP contribution in [0.15, 0.2) is 72.9 Å². The number of aromatic nitrogens is 2. The molecule has 0 N–H and O–H groups in total. The zero-order chi connectivity index (χ0) is 22.1. The Hall–Kier alpha value is -3.03. The number of alkyl halides is 3. The molecule has 7 heteroatoms. The van der Waals surface area contributed by atoms with Crippen LogP contribution >= 0.6 is 11.3 Å². The summed E-state index contributed by atoms with van der Waals surface area (Å²) in [6.45, 7) is 2.47. The van der Waals surface area contributed by atoms with Gasteiger partial charge in [0.15, 0.2) is 5.82 Å². The molecule has 1 aliphatic heterocycles. The standard InChI is InChI=1S/C25H20F3N3S/c26-25(27,28)20-8-6-18(7-9-20)24-29-14-19-12-13-31(16-22(19)30-24)15-21-10-11-23(32-21)17-4-2-1-3-5-17/h1-11,14H,12-13,15-16H2. The van der Waals surface area contributed by atoms with Crippen molar-refractivity contribution in [2.75, 3.05) is 6.54 Å². The molecular formula is C25H20F3N3S. The number of hydrogen-bond donors (Lipinski definition) is 0. The molecule has 0 saturated heterocycles. The predicted molar refractivity (Wildman–Crippen MR) is 120 cm³/mol. The van der Waals surface area contributed by atoms with Gasteiger partial charge in [-0.1, -0.05) is 42.5 Å². The quantitative estimate of drug-likeness (QED) is 0.357. The summed E-state index contributed by atoms with van der Waals surface area (Å²) in [4.78, 5) is 14.0. The Morgan fingerprint density at radius 3 is 2.44 bits per heavy atom. The number of benzene rings is 2. The highest BCUT2D eigenvalue weighted by molar-refractivity contribution is 7.15. The lowest BCUT2D eigenvalue weighted by Gasteiger charge is -2.27. The van der Waals surface area contributed by atoms with Crippen LogP contribution in [0.25, 0.3) is 21.8 Å². The minimum atomic E-state index is -4.35. The molecule has 0 amide bonds. The van der Waals surface area contributed by atoms with Crippen LogP contribution < -0.4 is 0 Å². The normalized spacial score (nSPS) is 14.3. The van der Waals surface area contributed by atoms with Gasteiger partial charge in [0.25, 0.3) is 0 Å². The van der Waals surface area contributed by atoms with E-state index in [1.165, 1.54) is 27.5 Å². The molecule has 4 aromatic rings. The first-order chi connectivity index (χ1) is 15.5. The maximum absolute atomic E-state index is 12.8. The number of rotatable bonds is 4. The van der Waals surface area contributed by atoms with Crippen LogP contribution in [-0.4, -0.2) is 21.4 Å².